The topological polar surface area (TPSA) is 37.7 Å². The molecule has 1 amide bonds. The third kappa shape index (κ3) is 3.30. The number of rotatable bonds is 6. The smallest absolute Gasteiger partial charge is 0.254 e. The minimum atomic E-state index is -0.144. The molecule has 2 saturated carbocycles. The summed E-state index contributed by atoms with van der Waals surface area (Å²) in [6, 6.07) is 4.75. The van der Waals surface area contributed by atoms with Crippen LogP contribution in [0.5, 0.6) is 0 Å². The Morgan fingerprint density at radius 3 is 2.50 bits per heavy atom. The Kier molecular flexibility index (Phi) is 5.00. The lowest BCUT2D eigenvalue weighted by Crippen LogP contribution is -2.78. The number of amides is 1. The van der Waals surface area contributed by atoms with Crippen molar-refractivity contribution in [1.82, 2.24) is 14.4 Å². The molecule has 5 heteroatoms. The van der Waals surface area contributed by atoms with Crippen molar-refractivity contribution in [3.63, 3.8) is 0 Å². The van der Waals surface area contributed by atoms with E-state index in [1.165, 1.54) is 37.8 Å². The first-order chi connectivity index (χ1) is 13.7. The minimum Gasteiger partial charge on any atom is -0.366 e. The zero-order valence-electron chi connectivity index (χ0n) is 17.3. The van der Waals surface area contributed by atoms with Crippen LogP contribution in [0.15, 0.2) is 18.3 Å². The number of carbonyl (C=O) groups excluding carboxylic acids is 1. The number of aromatic nitrogens is 1. The molecule has 0 radical (unpaired) electrons. The highest BCUT2D eigenvalue weighted by molar-refractivity contribution is 5.90. The van der Waals surface area contributed by atoms with Crippen molar-refractivity contribution in [2.24, 2.45) is 13.0 Å². The van der Waals surface area contributed by atoms with Crippen LogP contribution in [-0.2, 0) is 23.1 Å². The average molecular weight is 386 g/mol. The molecule has 0 N–H and O–H groups in total. The molecule has 28 heavy (non-hydrogen) atoms. The van der Waals surface area contributed by atoms with Gasteiger partial charge in [0.2, 0.25) is 0 Å². The second kappa shape index (κ2) is 7.49. The van der Waals surface area contributed by atoms with E-state index in [0.29, 0.717) is 11.9 Å². The highest BCUT2D eigenvalue weighted by Gasteiger charge is 2.62. The van der Waals surface area contributed by atoms with Crippen LogP contribution < -0.4 is 0 Å². The van der Waals surface area contributed by atoms with Gasteiger partial charge < -0.3 is 14.2 Å². The lowest BCUT2D eigenvalue weighted by Gasteiger charge is -2.62. The summed E-state index contributed by atoms with van der Waals surface area (Å²) in [6.45, 7) is 4.00. The van der Waals surface area contributed by atoms with Crippen LogP contribution in [0.4, 0.5) is 0 Å². The molecule has 0 bridgehead atoms. The van der Waals surface area contributed by atoms with Gasteiger partial charge in [0.15, 0.2) is 6.10 Å². The molecule has 5 rings (SSSR count). The van der Waals surface area contributed by atoms with Crippen molar-refractivity contribution >= 4 is 5.91 Å². The van der Waals surface area contributed by atoms with Crippen molar-refractivity contribution in [3.8, 4) is 0 Å². The summed E-state index contributed by atoms with van der Waals surface area (Å²) in [5.74, 6) is 1.02. The molecule has 1 aromatic heterocycles. The van der Waals surface area contributed by atoms with Crippen molar-refractivity contribution in [2.75, 3.05) is 19.7 Å². The van der Waals surface area contributed by atoms with E-state index < -0.39 is 0 Å². The largest absolute Gasteiger partial charge is 0.366 e. The molecule has 154 valence electrons. The number of carbonyl (C=O) groups is 1. The van der Waals surface area contributed by atoms with Gasteiger partial charge in [0, 0.05) is 44.6 Å². The molecule has 0 aromatic carbocycles. The standard InChI is InChI=1S/C23H35N3O2/c1-24-13-5-6-20(24)16-25-14-9-19(10-15-25)26-22(27)21(28-17-18-7-8-18)23(26)11-3-2-4-12-23/h5-6,13,18-19,21H,2-4,7-12,14-17H2,1H3. The van der Waals surface area contributed by atoms with Crippen LogP contribution in [0.2, 0.25) is 0 Å². The Balaban J connectivity index is 1.22. The molecule has 2 saturated heterocycles. The van der Waals surface area contributed by atoms with E-state index in [0.717, 1.165) is 57.8 Å². The highest BCUT2D eigenvalue weighted by atomic mass is 16.5. The number of hydrogen-bond donors (Lipinski definition) is 0. The van der Waals surface area contributed by atoms with Gasteiger partial charge in [-0.15, -0.1) is 0 Å². The average Bonchev–Trinajstić information content (AvgIpc) is 3.45. The Labute approximate surface area is 169 Å². The van der Waals surface area contributed by atoms with Gasteiger partial charge in [-0.3, -0.25) is 9.69 Å². The Morgan fingerprint density at radius 2 is 1.86 bits per heavy atom. The maximum atomic E-state index is 13.1. The lowest BCUT2D eigenvalue weighted by atomic mass is 9.68. The summed E-state index contributed by atoms with van der Waals surface area (Å²) in [6.07, 6.45) is 12.9. The van der Waals surface area contributed by atoms with Gasteiger partial charge in [-0.05, 0) is 56.6 Å². The molecule has 5 nitrogen and oxygen atoms in total. The van der Waals surface area contributed by atoms with Crippen LogP contribution in [-0.4, -0.2) is 57.7 Å². The predicted molar refractivity (Wildman–Crippen MR) is 109 cm³/mol. The summed E-state index contributed by atoms with van der Waals surface area (Å²) in [5, 5.41) is 0. The first kappa shape index (κ1) is 18.7. The number of β-lactam (4-membered cyclic amide) rings is 1. The van der Waals surface area contributed by atoms with E-state index in [1.807, 2.05) is 0 Å². The van der Waals surface area contributed by atoms with E-state index in [4.69, 9.17) is 4.74 Å². The summed E-state index contributed by atoms with van der Waals surface area (Å²) < 4.78 is 8.44. The quantitative estimate of drug-likeness (QED) is 0.705. The summed E-state index contributed by atoms with van der Waals surface area (Å²) in [5.41, 5.74) is 1.39. The fourth-order valence-electron chi connectivity index (χ4n) is 5.82. The van der Waals surface area contributed by atoms with Crippen LogP contribution in [0, 0.1) is 5.92 Å². The SMILES string of the molecule is Cn1cccc1CN1CCC(N2C(=O)C(OCC3CC3)C23CCCCC3)CC1. The zero-order valence-corrected chi connectivity index (χ0v) is 17.3. The van der Waals surface area contributed by atoms with E-state index in [2.05, 4.69) is 39.7 Å². The van der Waals surface area contributed by atoms with Crippen molar-refractivity contribution in [3.05, 3.63) is 24.0 Å². The second-order valence-corrected chi connectivity index (χ2v) is 9.65. The van der Waals surface area contributed by atoms with Gasteiger partial charge in [-0.25, -0.2) is 0 Å². The third-order valence-corrected chi connectivity index (χ3v) is 7.70. The fraction of sp³-hybridized carbons (Fsp3) is 0.783. The molecule has 1 spiro atoms. The number of aryl methyl sites for hydroxylation is 1. The molecule has 1 aromatic rings. The van der Waals surface area contributed by atoms with Crippen LogP contribution in [0.3, 0.4) is 0 Å². The molecule has 4 aliphatic rings. The maximum Gasteiger partial charge on any atom is 0.254 e. The normalized spacial score (nSPS) is 28.7. The summed E-state index contributed by atoms with van der Waals surface area (Å²) in [4.78, 5) is 18.0. The van der Waals surface area contributed by atoms with Gasteiger partial charge in [0.25, 0.3) is 5.91 Å². The number of piperidine rings is 1. The summed E-state index contributed by atoms with van der Waals surface area (Å²) >= 11 is 0. The molecule has 4 fully saturated rings. The van der Waals surface area contributed by atoms with E-state index >= 15 is 0 Å². The van der Waals surface area contributed by atoms with Gasteiger partial charge in [0.1, 0.15) is 0 Å². The number of likely N-dealkylation sites (tertiary alicyclic amines) is 2. The second-order valence-electron chi connectivity index (χ2n) is 9.65. The first-order valence-corrected chi connectivity index (χ1v) is 11.4. The van der Waals surface area contributed by atoms with Gasteiger partial charge in [-0.1, -0.05) is 19.3 Å². The Morgan fingerprint density at radius 1 is 1.11 bits per heavy atom. The highest BCUT2D eigenvalue weighted by Crippen LogP contribution is 2.48. The fourth-order valence-corrected chi connectivity index (χ4v) is 5.82. The molecule has 1 unspecified atom stereocenters. The third-order valence-electron chi connectivity index (χ3n) is 7.70. The summed E-state index contributed by atoms with van der Waals surface area (Å²) in [7, 11) is 2.12. The van der Waals surface area contributed by atoms with E-state index in [1.54, 1.807) is 0 Å². The van der Waals surface area contributed by atoms with E-state index in [-0.39, 0.29) is 11.6 Å². The van der Waals surface area contributed by atoms with Crippen molar-refractivity contribution in [1.29, 1.82) is 0 Å². The minimum absolute atomic E-state index is 0.0230. The first-order valence-electron chi connectivity index (χ1n) is 11.4. The number of hydrogen-bond acceptors (Lipinski definition) is 3. The molecular weight excluding hydrogens is 350 g/mol. The molecular formula is C23H35N3O2. The monoisotopic (exact) mass is 385 g/mol. The molecule has 2 aliphatic carbocycles. The number of nitrogens with zero attached hydrogens (tertiary/aromatic N) is 3. The molecule has 3 heterocycles. The van der Waals surface area contributed by atoms with Gasteiger partial charge >= 0.3 is 0 Å². The van der Waals surface area contributed by atoms with Gasteiger partial charge in [0.05, 0.1) is 12.1 Å². The van der Waals surface area contributed by atoms with Crippen LogP contribution in [0.1, 0.15) is 63.5 Å². The van der Waals surface area contributed by atoms with Crippen LogP contribution in [0.25, 0.3) is 0 Å². The van der Waals surface area contributed by atoms with Crippen LogP contribution >= 0.6 is 0 Å². The lowest BCUT2D eigenvalue weighted by molar-refractivity contribution is -0.211. The maximum absolute atomic E-state index is 13.1. The Hall–Kier alpha value is -1.33. The van der Waals surface area contributed by atoms with Gasteiger partial charge in [-0.2, -0.15) is 0 Å². The molecule has 1 atom stereocenters. The van der Waals surface area contributed by atoms with Crippen molar-refractivity contribution in [2.45, 2.75) is 82.0 Å². The zero-order chi connectivity index (χ0) is 19.1. The van der Waals surface area contributed by atoms with E-state index in [9.17, 15) is 4.79 Å². The molecule has 2 aliphatic heterocycles. The Bertz CT molecular complexity index is 696. The number of ether oxygens (including phenoxy) is 1. The van der Waals surface area contributed by atoms with Crippen molar-refractivity contribution < 1.29 is 9.53 Å². The predicted octanol–water partition coefficient (Wildman–Crippen LogP) is 3.33.